The summed E-state index contributed by atoms with van der Waals surface area (Å²) in [5, 5.41) is 12.1. The third-order valence-corrected chi connectivity index (χ3v) is 2.79. The molecule has 0 heterocycles. The first-order valence-electron chi connectivity index (χ1n) is 6.11. The van der Waals surface area contributed by atoms with E-state index < -0.39 is 0 Å². The van der Waals surface area contributed by atoms with Crippen molar-refractivity contribution in [2.75, 3.05) is 6.54 Å². The van der Waals surface area contributed by atoms with Crippen LogP contribution in [0, 0.1) is 0 Å². The van der Waals surface area contributed by atoms with E-state index in [0.29, 0.717) is 30.5 Å². The number of carbonyl (C=O) groups is 2. The van der Waals surface area contributed by atoms with Crippen LogP contribution in [0.15, 0.2) is 24.3 Å². The van der Waals surface area contributed by atoms with Crippen molar-refractivity contribution in [1.82, 2.24) is 5.32 Å². The van der Waals surface area contributed by atoms with Gasteiger partial charge in [0.15, 0.2) is 5.78 Å². The Bertz CT molecular complexity index is 412. The molecule has 4 heteroatoms. The molecule has 0 radical (unpaired) electrons. The first kappa shape index (κ1) is 14.4. The normalized spacial score (nSPS) is 11.9. The predicted octanol–water partition coefficient (Wildman–Crippen LogP) is 1.78. The van der Waals surface area contributed by atoms with Gasteiger partial charge in [-0.15, -0.1) is 0 Å². The molecule has 98 valence electrons. The molecule has 0 spiro atoms. The number of nitrogens with one attached hydrogen (secondary N) is 1. The second-order valence-corrected chi connectivity index (χ2v) is 4.24. The van der Waals surface area contributed by atoms with Crippen molar-refractivity contribution in [2.45, 2.75) is 32.8 Å². The maximum Gasteiger partial charge on any atom is 0.251 e. The smallest absolute Gasteiger partial charge is 0.251 e. The standard InChI is InChI=1S/C14H19NO3/c1-3-13(17)8-9-15-14(18)12-6-4-11(5-7-12)10(2)16/h4-7,13,17H,3,8-9H2,1-2H3,(H,15,18). The lowest BCUT2D eigenvalue weighted by Crippen LogP contribution is -2.27. The first-order chi connectivity index (χ1) is 8.54. The molecule has 0 aliphatic rings. The Morgan fingerprint density at radius 2 is 1.78 bits per heavy atom. The fraction of sp³-hybridized carbons (Fsp3) is 0.429. The van der Waals surface area contributed by atoms with Gasteiger partial charge in [-0.2, -0.15) is 0 Å². The fourth-order valence-corrected chi connectivity index (χ4v) is 1.51. The Morgan fingerprint density at radius 1 is 1.22 bits per heavy atom. The fourth-order valence-electron chi connectivity index (χ4n) is 1.51. The van der Waals surface area contributed by atoms with Crippen LogP contribution < -0.4 is 5.32 Å². The van der Waals surface area contributed by atoms with Crippen LogP contribution in [-0.4, -0.2) is 29.4 Å². The van der Waals surface area contributed by atoms with Crippen LogP contribution in [0.1, 0.15) is 47.4 Å². The zero-order chi connectivity index (χ0) is 13.5. The van der Waals surface area contributed by atoms with E-state index in [9.17, 15) is 14.7 Å². The van der Waals surface area contributed by atoms with E-state index in [-0.39, 0.29) is 17.8 Å². The van der Waals surface area contributed by atoms with Gasteiger partial charge in [-0.25, -0.2) is 0 Å². The van der Waals surface area contributed by atoms with Crippen molar-refractivity contribution in [2.24, 2.45) is 0 Å². The highest BCUT2D eigenvalue weighted by Gasteiger charge is 2.07. The Balaban J connectivity index is 2.49. The van der Waals surface area contributed by atoms with Gasteiger partial charge in [-0.3, -0.25) is 9.59 Å². The number of amides is 1. The third kappa shape index (κ3) is 4.30. The Morgan fingerprint density at radius 3 is 2.28 bits per heavy atom. The van der Waals surface area contributed by atoms with Crippen LogP contribution in [0.3, 0.4) is 0 Å². The summed E-state index contributed by atoms with van der Waals surface area (Å²) in [5.41, 5.74) is 1.11. The molecule has 0 saturated heterocycles. The summed E-state index contributed by atoms with van der Waals surface area (Å²) in [6, 6.07) is 6.53. The number of aliphatic hydroxyl groups is 1. The molecule has 0 aliphatic carbocycles. The third-order valence-electron chi connectivity index (χ3n) is 2.79. The van der Waals surface area contributed by atoms with Gasteiger partial charge in [-0.1, -0.05) is 19.1 Å². The lowest BCUT2D eigenvalue weighted by molar-refractivity contribution is 0.0940. The first-order valence-corrected chi connectivity index (χ1v) is 6.11. The van der Waals surface area contributed by atoms with Gasteiger partial charge in [0, 0.05) is 17.7 Å². The highest BCUT2D eigenvalue weighted by molar-refractivity contribution is 5.97. The molecule has 1 rings (SSSR count). The Kier molecular flexibility index (Phi) is 5.52. The van der Waals surface area contributed by atoms with Gasteiger partial charge in [0.25, 0.3) is 5.91 Å². The molecule has 1 aromatic carbocycles. The van der Waals surface area contributed by atoms with E-state index in [1.807, 2.05) is 6.92 Å². The number of hydrogen-bond acceptors (Lipinski definition) is 3. The Hall–Kier alpha value is -1.68. The van der Waals surface area contributed by atoms with Gasteiger partial charge in [0.1, 0.15) is 0 Å². The number of ketones is 1. The summed E-state index contributed by atoms with van der Waals surface area (Å²) >= 11 is 0. The van der Waals surface area contributed by atoms with Gasteiger partial charge < -0.3 is 10.4 Å². The van der Waals surface area contributed by atoms with Crippen molar-refractivity contribution < 1.29 is 14.7 Å². The number of benzene rings is 1. The van der Waals surface area contributed by atoms with E-state index in [2.05, 4.69) is 5.32 Å². The highest BCUT2D eigenvalue weighted by atomic mass is 16.3. The molecule has 2 N–H and O–H groups in total. The number of aliphatic hydroxyl groups excluding tert-OH is 1. The van der Waals surface area contributed by atoms with Crippen molar-refractivity contribution in [3.63, 3.8) is 0 Å². The molecular weight excluding hydrogens is 230 g/mol. The molecule has 1 aromatic rings. The highest BCUT2D eigenvalue weighted by Crippen LogP contribution is 2.05. The van der Waals surface area contributed by atoms with E-state index in [1.54, 1.807) is 24.3 Å². The lowest BCUT2D eigenvalue weighted by atomic mass is 10.1. The lowest BCUT2D eigenvalue weighted by Gasteiger charge is -2.09. The number of carbonyl (C=O) groups excluding carboxylic acids is 2. The summed E-state index contributed by atoms with van der Waals surface area (Å²) in [5.74, 6) is -0.207. The number of rotatable bonds is 6. The molecule has 1 unspecified atom stereocenters. The number of hydrogen-bond donors (Lipinski definition) is 2. The molecular formula is C14H19NO3. The summed E-state index contributed by atoms with van der Waals surface area (Å²) in [7, 11) is 0. The van der Waals surface area contributed by atoms with E-state index >= 15 is 0 Å². The molecule has 18 heavy (non-hydrogen) atoms. The van der Waals surface area contributed by atoms with Crippen LogP contribution in [-0.2, 0) is 0 Å². The van der Waals surface area contributed by atoms with Gasteiger partial charge in [0.05, 0.1) is 6.10 Å². The molecule has 1 amide bonds. The van der Waals surface area contributed by atoms with Crippen molar-refractivity contribution in [1.29, 1.82) is 0 Å². The zero-order valence-corrected chi connectivity index (χ0v) is 10.8. The quantitative estimate of drug-likeness (QED) is 0.755. The van der Waals surface area contributed by atoms with Crippen LogP contribution in [0.5, 0.6) is 0 Å². The van der Waals surface area contributed by atoms with Gasteiger partial charge in [-0.05, 0) is 31.9 Å². The maximum absolute atomic E-state index is 11.7. The van der Waals surface area contributed by atoms with Gasteiger partial charge >= 0.3 is 0 Å². The van der Waals surface area contributed by atoms with Crippen molar-refractivity contribution >= 4 is 11.7 Å². The van der Waals surface area contributed by atoms with Crippen LogP contribution in [0.2, 0.25) is 0 Å². The molecule has 0 aliphatic heterocycles. The van der Waals surface area contributed by atoms with E-state index in [1.165, 1.54) is 6.92 Å². The predicted molar refractivity (Wildman–Crippen MR) is 69.7 cm³/mol. The van der Waals surface area contributed by atoms with Gasteiger partial charge in [0.2, 0.25) is 0 Å². The Labute approximate surface area is 107 Å². The molecule has 0 aromatic heterocycles. The minimum Gasteiger partial charge on any atom is -0.393 e. The largest absolute Gasteiger partial charge is 0.393 e. The molecule has 1 atom stereocenters. The topological polar surface area (TPSA) is 66.4 Å². The van der Waals surface area contributed by atoms with Crippen LogP contribution in [0.25, 0.3) is 0 Å². The zero-order valence-electron chi connectivity index (χ0n) is 10.8. The van der Waals surface area contributed by atoms with E-state index in [0.717, 1.165) is 0 Å². The SMILES string of the molecule is CCC(O)CCNC(=O)c1ccc(C(C)=O)cc1. The van der Waals surface area contributed by atoms with Crippen LogP contribution >= 0.6 is 0 Å². The second-order valence-electron chi connectivity index (χ2n) is 4.24. The molecule has 4 nitrogen and oxygen atoms in total. The molecule has 0 saturated carbocycles. The summed E-state index contributed by atoms with van der Waals surface area (Å²) in [6.07, 6.45) is 0.863. The summed E-state index contributed by atoms with van der Waals surface area (Å²) < 4.78 is 0. The number of Topliss-reactive ketones (excluding diaryl/α,β-unsaturated/α-hetero) is 1. The van der Waals surface area contributed by atoms with Crippen molar-refractivity contribution in [3.8, 4) is 0 Å². The minimum atomic E-state index is -0.370. The molecule has 0 fully saturated rings. The average Bonchev–Trinajstić information content (AvgIpc) is 2.38. The molecule has 0 bridgehead atoms. The monoisotopic (exact) mass is 249 g/mol. The summed E-state index contributed by atoms with van der Waals surface area (Å²) in [4.78, 5) is 22.8. The maximum atomic E-state index is 11.7. The average molecular weight is 249 g/mol. The minimum absolute atomic E-state index is 0.0203. The van der Waals surface area contributed by atoms with E-state index in [4.69, 9.17) is 0 Å². The van der Waals surface area contributed by atoms with Crippen LogP contribution in [0.4, 0.5) is 0 Å². The second kappa shape index (κ2) is 6.91. The summed E-state index contributed by atoms with van der Waals surface area (Å²) in [6.45, 7) is 3.83. The van der Waals surface area contributed by atoms with Crippen molar-refractivity contribution in [3.05, 3.63) is 35.4 Å².